The molecule has 0 saturated heterocycles. The fraction of sp³-hybridized carbons (Fsp3) is 0.273. The first-order chi connectivity index (χ1) is 6.33. The van der Waals surface area contributed by atoms with Gasteiger partial charge in [0.1, 0.15) is 11.6 Å². The standard InChI is InChI=1S/C11H11FO/c1-2-3-4-8-13-11-7-5-6-10(12)9-11/h1,5-7,9H,3-4,8H2. The maximum atomic E-state index is 12.6. The van der Waals surface area contributed by atoms with Crippen LogP contribution in [0.3, 0.4) is 0 Å². The van der Waals surface area contributed by atoms with E-state index in [1.165, 1.54) is 12.1 Å². The second kappa shape index (κ2) is 5.21. The highest BCUT2D eigenvalue weighted by Gasteiger charge is 1.94. The fourth-order valence-electron chi connectivity index (χ4n) is 0.921. The maximum absolute atomic E-state index is 12.6. The van der Waals surface area contributed by atoms with Crippen molar-refractivity contribution >= 4 is 0 Å². The zero-order valence-electron chi connectivity index (χ0n) is 7.29. The summed E-state index contributed by atoms with van der Waals surface area (Å²) in [5.74, 6) is 2.78. The molecule has 68 valence electrons. The molecule has 1 rings (SSSR count). The molecule has 0 atom stereocenters. The Morgan fingerprint density at radius 1 is 1.46 bits per heavy atom. The van der Waals surface area contributed by atoms with Crippen LogP contribution in [0.4, 0.5) is 4.39 Å². The molecule has 0 aliphatic rings. The van der Waals surface area contributed by atoms with Gasteiger partial charge in [-0.2, -0.15) is 0 Å². The van der Waals surface area contributed by atoms with Crippen molar-refractivity contribution in [1.29, 1.82) is 0 Å². The van der Waals surface area contributed by atoms with Gasteiger partial charge in [-0.05, 0) is 18.6 Å². The second-order valence-corrected chi connectivity index (χ2v) is 2.61. The van der Waals surface area contributed by atoms with Crippen LogP contribution in [0.5, 0.6) is 5.75 Å². The molecule has 1 aromatic carbocycles. The van der Waals surface area contributed by atoms with Crippen LogP contribution in [0.2, 0.25) is 0 Å². The quantitative estimate of drug-likeness (QED) is 0.508. The van der Waals surface area contributed by atoms with Crippen LogP contribution in [-0.4, -0.2) is 6.61 Å². The number of ether oxygens (including phenoxy) is 1. The number of unbranched alkanes of at least 4 members (excludes halogenated alkanes) is 1. The Bertz CT molecular complexity index is 301. The van der Waals surface area contributed by atoms with Gasteiger partial charge in [-0.25, -0.2) is 4.39 Å². The van der Waals surface area contributed by atoms with Crippen molar-refractivity contribution in [2.45, 2.75) is 12.8 Å². The number of hydrogen-bond acceptors (Lipinski definition) is 1. The minimum absolute atomic E-state index is 0.283. The van der Waals surface area contributed by atoms with E-state index in [1.807, 2.05) is 0 Å². The number of terminal acetylenes is 1. The van der Waals surface area contributed by atoms with Gasteiger partial charge in [0, 0.05) is 12.5 Å². The summed E-state index contributed by atoms with van der Waals surface area (Å²) in [6, 6.07) is 6.08. The Labute approximate surface area is 77.5 Å². The zero-order valence-corrected chi connectivity index (χ0v) is 7.29. The van der Waals surface area contributed by atoms with E-state index in [0.29, 0.717) is 18.8 Å². The van der Waals surface area contributed by atoms with Crippen molar-refractivity contribution in [3.63, 3.8) is 0 Å². The predicted octanol–water partition coefficient (Wildman–Crippen LogP) is 2.62. The van der Waals surface area contributed by atoms with E-state index < -0.39 is 0 Å². The van der Waals surface area contributed by atoms with E-state index in [0.717, 1.165) is 6.42 Å². The van der Waals surface area contributed by atoms with Gasteiger partial charge >= 0.3 is 0 Å². The molecule has 0 bridgehead atoms. The largest absolute Gasteiger partial charge is 0.493 e. The number of benzene rings is 1. The van der Waals surface area contributed by atoms with Gasteiger partial charge in [0.2, 0.25) is 0 Å². The van der Waals surface area contributed by atoms with Gasteiger partial charge in [0.15, 0.2) is 0 Å². The monoisotopic (exact) mass is 178 g/mol. The summed E-state index contributed by atoms with van der Waals surface area (Å²) < 4.78 is 17.9. The fourth-order valence-corrected chi connectivity index (χ4v) is 0.921. The highest BCUT2D eigenvalue weighted by Crippen LogP contribution is 2.11. The van der Waals surface area contributed by atoms with Crippen LogP contribution in [-0.2, 0) is 0 Å². The van der Waals surface area contributed by atoms with Crippen molar-refractivity contribution < 1.29 is 9.13 Å². The average molecular weight is 178 g/mol. The lowest BCUT2D eigenvalue weighted by molar-refractivity contribution is 0.311. The molecule has 0 unspecified atom stereocenters. The molecule has 0 N–H and O–H groups in total. The van der Waals surface area contributed by atoms with Crippen LogP contribution in [0.15, 0.2) is 24.3 Å². The van der Waals surface area contributed by atoms with Crippen molar-refractivity contribution in [2.75, 3.05) is 6.61 Å². The van der Waals surface area contributed by atoms with Gasteiger partial charge < -0.3 is 4.74 Å². The summed E-state index contributed by atoms with van der Waals surface area (Å²) >= 11 is 0. The van der Waals surface area contributed by atoms with E-state index >= 15 is 0 Å². The van der Waals surface area contributed by atoms with E-state index in [9.17, 15) is 4.39 Å². The van der Waals surface area contributed by atoms with Gasteiger partial charge in [0.25, 0.3) is 0 Å². The van der Waals surface area contributed by atoms with Gasteiger partial charge in [-0.3, -0.25) is 0 Å². The third-order valence-electron chi connectivity index (χ3n) is 1.53. The molecule has 1 aromatic rings. The molecule has 0 amide bonds. The molecule has 0 radical (unpaired) electrons. The first kappa shape index (κ1) is 9.60. The van der Waals surface area contributed by atoms with Crippen LogP contribution < -0.4 is 4.74 Å². The summed E-state index contributed by atoms with van der Waals surface area (Å²) in [5.41, 5.74) is 0. The van der Waals surface area contributed by atoms with Gasteiger partial charge in [-0.15, -0.1) is 12.3 Å². The van der Waals surface area contributed by atoms with E-state index in [4.69, 9.17) is 11.2 Å². The predicted molar refractivity (Wildman–Crippen MR) is 50.0 cm³/mol. The Kier molecular flexibility index (Phi) is 3.84. The van der Waals surface area contributed by atoms with E-state index in [2.05, 4.69) is 5.92 Å². The lowest BCUT2D eigenvalue weighted by Crippen LogP contribution is -1.96. The summed E-state index contributed by atoms with van der Waals surface area (Å²) in [6.07, 6.45) is 6.55. The molecule has 0 aliphatic carbocycles. The van der Waals surface area contributed by atoms with Crippen LogP contribution in [0.25, 0.3) is 0 Å². The molecule has 0 fully saturated rings. The molecule has 13 heavy (non-hydrogen) atoms. The molecular formula is C11H11FO. The van der Waals surface area contributed by atoms with E-state index in [-0.39, 0.29) is 5.82 Å². The van der Waals surface area contributed by atoms with Crippen molar-refractivity contribution in [3.8, 4) is 18.1 Å². The summed E-state index contributed by atoms with van der Waals surface area (Å²) in [5, 5.41) is 0. The third-order valence-corrected chi connectivity index (χ3v) is 1.53. The normalized spacial score (nSPS) is 9.23. The molecule has 0 heterocycles. The first-order valence-electron chi connectivity index (χ1n) is 4.15. The lowest BCUT2D eigenvalue weighted by Gasteiger charge is -2.03. The Morgan fingerprint density at radius 2 is 2.31 bits per heavy atom. The highest BCUT2D eigenvalue weighted by molar-refractivity contribution is 5.22. The molecule has 0 spiro atoms. The van der Waals surface area contributed by atoms with Crippen LogP contribution in [0, 0.1) is 18.2 Å². The highest BCUT2D eigenvalue weighted by atomic mass is 19.1. The smallest absolute Gasteiger partial charge is 0.126 e. The molecule has 0 aromatic heterocycles. The zero-order chi connectivity index (χ0) is 9.52. The van der Waals surface area contributed by atoms with Crippen LogP contribution in [0.1, 0.15) is 12.8 Å². The summed E-state index contributed by atoms with van der Waals surface area (Å²) in [4.78, 5) is 0. The van der Waals surface area contributed by atoms with Crippen molar-refractivity contribution in [3.05, 3.63) is 30.1 Å². The topological polar surface area (TPSA) is 9.23 Å². The van der Waals surface area contributed by atoms with E-state index in [1.54, 1.807) is 12.1 Å². The van der Waals surface area contributed by atoms with Crippen LogP contribution >= 0.6 is 0 Å². The minimum Gasteiger partial charge on any atom is -0.493 e. The number of hydrogen-bond donors (Lipinski definition) is 0. The molecular weight excluding hydrogens is 167 g/mol. The SMILES string of the molecule is C#CCCCOc1cccc(F)c1. The molecule has 0 saturated carbocycles. The van der Waals surface area contributed by atoms with Gasteiger partial charge in [0.05, 0.1) is 6.61 Å². The average Bonchev–Trinajstić information content (AvgIpc) is 2.13. The van der Waals surface area contributed by atoms with Crippen molar-refractivity contribution in [1.82, 2.24) is 0 Å². The number of rotatable bonds is 4. The van der Waals surface area contributed by atoms with Crippen molar-refractivity contribution in [2.24, 2.45) is 0 Å². The Balaban J connectivity index is 2.33. The summed E-state index contributed by atoms with van der Waals surface area (Å²) in [7, 11) is 0. The Morgan fingerprint density at radius 3 is 3.00 bits per heavy atom. The molecule has 1 nitrogen and oxygen atoms in total. The maximum Gasteiger partial charge on any atom is 0.126 e. The third kappa shape index (κ3) is 3.62. The second-order valence-electron chi connectivity index (χ2n) is 2.61. The minimum atomic E-state index is -0.283. The van der Waals surface area contributed by atoms with Gasteiger partial charge in [-0.1, -0.05) is 6.07 Å². The molecule has 0 aliphatic heterocycles. The lowest BCUT2D eigenvalue weighted by atomic mass is 10.3. The Hall–Kier alpha value is -1.49. The number of halogens is 1. The first-order valence-corrected chi connectivity index (χ1v) is 4.15. The molecule has 2 heteroatoms. The summed E-state index contributed by atoms with van der Waals surface area (Å²) in [6.45, 7) is 0.535.